The van der Waals surface area contributed by atoms with E-state index < -0.39 is 18.0 Å². The highest BCUT2D eigenvalue weighted by Crippen LogP contribution is 2.27. The number of carbonyl (C=O) groups is 2. The maximum atomic E-state index is 12.3. The molecule has 0 radical (unpaired) electrons. The minimum absolute atomic E-state index is 0.193. The van der Waals surface area contributed by atoms with Crippen LogP contribution in [0.25, 0.3) is 0 Å². The van der Waals surface area contributed by atoms with E-state index in [9.17, 15) is 9.59 Å². The van der Waals surface area contributed by atoms with E-state index >= 15 is 0 Å². The molecule has 1 fully saturated rings. The Kier molecular flexibility index (Phi) is 6.40. The molecule has 2 amide bonds. The Labute approximate surface area is 136 Å². The Balaban J connectivity index is 1.91. The first kappa shape index (κ1) is 17.3. The van der Waals surface area contributed by atoms with Crippen LogP contribution < -0.4 is 11.5 Å². The van der Waals surface area contributed by atoms with Gasteiger partial charge < -0.3 is 16.2 Å². The Bertz CT molecular complexity index is 521. The molecule has 2 unspecified atom stereocenters. The lowest BCUT2D eigenvalue weighted by molar-refractivity contribution is -0.124. The van der Waals surface area contributed by atoms with E-state index in [0.29, 0.717) is 25.4 Å². The molecule has 0 spiro atoms. The lowest BCUT2D eigenvalue weighted by Crippen LogP contribution is -2.52. The second kappa shape index (κ2) is 8.53. The van der Waals surface area contributed by atoms with Crippen molar-refractivity contribution in [2.24, 2.45) is 17.4 Å². The van der Waals surface area contributed by atoms with Gasteiger partial charge in [-0.15, -0.1) is 0 Å². The average molecular weight is 319 g/mol. The van der Waals surface area contributed by atoms with Gasteiger partial charge in [-0.1, -0.05) is 30.3 Å². The van der Waals surface area contributed by atoms with Gasteiger partial charge >= 0.3 is 6.09 Å². The summed E-state index contributed by atoms with van der Waals surface area (Å²) in [6.07, 6.45) is 2.86. The molecule has 4 N–H and O–H groups in total. The zero-order valence-electron chi connectivity index (χ0n) is 13.3. The van der Waals surface area contributed by atoms with Crippen LogP contribution in [0.4, 0.5) is 4.79 Å². The predicted molar refractivity (Wildman–Crippen MR) is 87.3 cm³/mol. The van der Waals surface area contributed by atoms with Gasteiger partial charge in [-0.05, 0) is 43.7 Å². The molecule has 0 saturated carbocycles. The SMILES string of the molecule is NCCCC1CCN(C(=O)OCc2ccccc2)C(C(N)=O)C1. The summed E-state index contributed by atoms with van der Waals surface area (Å²) in [6.45, 7) is 1.33. The molecule has 126 valence electrons. The molecule has 0 aliphatic carbocycles. The zero-order chi connectivity index (χ0) is 16.7. The number of primary amides is 1. The molecule has 0 aromatic heterocycles. The third-order valence-corrected chi connectivity index (χ3v) is 4.30. The number of benzene rings is 1. The fourth-order valence-corrected chi connectivity index (χ4v) is 3.00. The second-order valence-corrected chi connectivity index (χ2v) is 5.97. The monoisotopic (exact) mass is 319 g/mol. The molecule has 6 nitrogen and oxygen atoms in total. The highest BCUT2D eigenvalue weighted by atomic mass is 16.6. The van der Waals surface area contributed by atoms with Crippen LogP contribution in [0.2, 0.25) is 0 Å². The maximum absolute atomic E-state index is 12.3. The molecule has 2 rings (SSSR count). The summed E-state index contributed by atoms with van der Waals surface area (Å²) in [5.41, 5.74) is 11.9. The Hall–Kier alpha value is -2.08. The van der Waals surface area contributed by atoms with Crippen LogP contribution in [0.15, 0.2) is 30.3 Å². The maximum Gasteiger partial charge on any atom is 0.410 e. The fourth-order valence-electron chi connectivity index (χ4n) is 3.00. The lowest BCUT2D eigenvalue weighted by Gasteiger charge is -2.37. The van der Waals surface area contributed by atoms with E-state index in [1.807, 2.05) is 30.3 Å². The van der Waals surface area contributed by atoms with Crippen molar-refractivity contribution in [3.05, 3.63) is 35.9 Å². The molecule has 1 aromatic carbocycles. The number of amides is 2. The highest BCUT2D eigenvalue weighted by molar-refractivity contribution is 5.84. The quantitative estimate of drug-likeness (QED) is 0.832. The van der Waals surface area contributed by atoms with Crippen molar-refractivity contribution in [2.45, 2.75) is 38.3 Å². The van der Waals surface area contributed by atoms with Crippen molar-refractivity contribution >= 4 is 12.0 Å². The standard InChI is InChI=1S/C17H25N3O3/c18-9-4-7-13-8-10-20(15(11-13)16(19)21)17(22)23-12-14-5-2-1-3-6-14/h1-3,5-6,13,15H,4,7-12,18H2,(H2,19,21). The van der Waals surface area contributed by atoms with Crippen LogP contribution in [-0.2, 0) is 16.1 Å². The average Bonchev–Trinajstić information content (AvgIpc) is 2.58. The number of piperidine rings is 1. The first-order valence-electron chi connectivity index (χ1n) is 8.08. The topological polar surface area (TPSA) is 98.7 Å². The Morgan fingerprint density at radius 3 is 2.65 bits per heavy atom. The molecular weight excluding hydrogens is 294 g/mol. The third kappa shape index (κ3) is 4.96. The van der Waals surface area contributed by atoms with Crippen LogP contribution in [0.1, 0.15) is 31.2 Å². The van der Waals surface area contributed by atoms with E-state index in [1.165, 1.54) is 4.90 Å². The van der Waals surface area contributed by atoms with Crippen molar-refractivity contribution in [3.8, 4) is 0 Å². The third-order valence-electron chi connectivity index (χ3n) is 4.30. The molecule has 1 saturated heterocycles. The summed E-state index contributed by atoms with van der Waals surface area (Å²) in [7, 11) is 0. The normalized spacial score (nSPS) is 21.0. The number of carbonyl (C=O) groups excluding carboxylic acids is 2. The van der Waals surface area contributed by atoms with Gasteiger partial charge in [0, 0.05) is 6.54 Å². The van der Waals surface area contributed by atoms with Crippen molar-refractivity contribution in [1.29, 1.82) is 0 Å². The van der Waals surface area contributed by atoms with E-state index in [1.54, 1.807) is 0 Å². The minimum atomic E-state index is -0.588. The van der Waals surface area contributed by atoms with Crippen LogP contribution in [0.5, 0.6) is 0 Å². The van der Waals surface area contributed by atoms with Crippen LogP contribution in [0, 0.1) is 5.92 Å². The summed E-state index contributed by atoms with van der Waals surface area (Å²) < 4.78 is 5.32. The van der Waals surface area contributed by atoms with Crippen molar-refractivity contribution in [1.82, 2.24) is 4.90 Å². The number of likely N-dealkylation sites (tertiary alicyclic amines) is 1. The summed E-state index contributed by atoms with van der Waals surface area (Å²) in [5.74, 6) is -0.0895. The molecule has 1 heterocycles. The largest absolute Gasteiger partial charge is 0.445 e. The first-order valence-corrected chi connectivity index (χ1v) is 8.08. The van der Waals surface area contributed by atoms with Gasteiger partial charge in [0.1, 0.15) is 12.6 Å². The smallest absolute Gasteiger partial charge is 0.410 e. The Morgan fingerprint density at radius 1 is 1.26 bits per heavy atom. The summed E-state index contributed by atoms with van der Waals surface area (Å²) in [6, 6.07) is 8.86. The van der Waals surface area contributed by atoms with E-state index in [2.05, 4.69) is 0 Å². The van der Waals surface area contributed by atoms with Crippen LogP contribution in [-0.4, -0.2) is 36.0 Å². The predicted octanol–water partition coefficient (Wildman–Crippen LogP) is 1.63. The lowest BCUT2D eigenvalue weighted by atomic mass is 9.87. The van der Waals surface area contributed by atoms with Gasteiger partial charge in [0.05, 0.1) is 0 Å². The molecule has 23 heavy (non-hydrogen) atoms. The molecule has 2 atom stereocenters. The summed E-state index contributed by atoms with van der Waals surface area (Å²) in [4.78, 5) is 25.5. The van der Waals surface area contributed by atoms with E-state index in [4.69, 9.17) is 16.2 Å². The zero-order valence-corrected chi connectivity index (χ0v) is 13.3. The first-order chi connectivity index (χ1) is 11.1. The highest BCUT2D eigenvalue weighted by Gasteiger charge is 2.35. The summed E-state index contributed by atoms with van der Waals surface area (Å²) >= 11 is 0. The fraction of sp³-hybridized carbons (Fsp3) is 0.529. The minimum Gasteiger partial charge on any atom is -0.445 e. The van der Waals surface area contributed by atoms with Crippen molar-refractivity contribution in [2.75, 3.05) is 13.1 Å². The van der Waals surface area contributed by atoms with Crippen LogP contribution in [0.3, 0.4) is 0 Å². The number of ether oxygens (including phenoxy) is 1. The molecule has 0 bridgehead atoms. The van der Waals surface area contributed by atoms with Gasteiger partial charge in [0.2, 0.25) is 5.91 Å². The number of hydrogen-bond donors (Lipinski definition) is 2. The molecule has 1 aromatic rings. The summed E-state index contributed by atoms with van der Waals surface area (Å²) in [5, 5.41) is 0. The van der Waals surface area contributed by atoms with Crippen molar-refractivity contribution < 1.29 is 14.3 Å². The number of nitrogens with zero attached hydrogens (tertiary/aromatic N) is 1. The molecule has 1 aliphatic heterocycles. The van der Waals surface area contributed by atoms with Gasteiger partial charge in [0.25, 0.3) is 0 Å². The van der Waals surface area contributed by atoms with Gasteiger partial charge in [-0.2, -0.15) is 0 Å². The van der Waals surface area contributed by atoms with Gasteiger partial charge in [0.15, 0.2) is 0 Å². The van der Waals surface area contributed by atoms with E-state index in [0.717, 1.165) is 24.8 Å². The van der Waals surface area contributed by atoms with Gasteiger partial charge in [-0.25, -0.2) is 4.79 Å². The number of nitrogens with two attached hydrogens (primary N) is 2. The van der Waals surface area contributed by atoms with Crippen molar-refractivity contribution in [3.63, 3.8) is 0 Å². The molecular formula is C17H25N3O3. The second-order valence-electron chi connectivity index (χ2n) is 5.97. The number of rotatable bonds is 6. The number of hydrogen-bond acceptors (Lipinski definition) is 4. The molecule has 1 aliphatic rings. The molecule has 6 heteroatoms. The van der Waals surface area contributed by atoms with Gasteiger partial charge in [-0.3, -0.25) is 9.69 Å². The Morgan fingerprint density at radius 2 is 2.00 bits per heavy atom. The van der Waals surface area contributed by atoms with E-state index in [-0.39, 0.29) is 6.61 Å². The van der Waals surface area contributed by atoms with Crippen LogP contribution >= 0.6 is 0 Å².